The summed E-state index contributed by atoms with van der Waals surface area (Å²) in [5, 5.41) is 34.9. The molecule has 0 aromatic heterocycles. The van der Waals surface area contributed by atoms with Gasteiger partial charge in [-0.05, 0) is 31.9 Å². The molecule has 0 aliphatic rings. The molecule has 0 bridgehead atoms. The van der Waals surface area contributed by atoms with Gasteiger partial charge in [0, 0.05) is 6.04 Å². The smallest absolute Gasteiger partial charge is 1.00 e. The SMILES string of the molecule is CC(C)(C)OC(=O)NC(CC(=O)O)c1ccccc1.NC(CC(=O)O)c1ccccc1.O=B[C-](O)O.[Na+]. The number of aliphatic hydroxyl groups excluding tert-OH is 1. The van der Waals surface area contributed by atoms with Crippen LogP contribution in [-0.2, 0) is 19.0 Å². The molecule has 0 heterocycles. The monoisotopic (exact) mass is 526 g/mol. The zero-order valence-corrected chi connectivity index (χ0v) is 23.3. The molecule has 0 aliphatic heterocycles. The maximum Gasteiger partial charge on any atom is 1.00 e. The standard InChI is InChI=1S/C14H19NO4.C9H11NO2.CH2BO3.Na/c1-14(2,3)19-13(18)15-11(9-12(16)17)10-7-5-4-6-8-10;10-8(6-9(11)12)7-4-2-1-3-5-7;3-1(4)2-5;/h4-8,11H,9H2,1-3H3,(H,15,18)(H,16,17);1-5,8H,6,10H2,(H,11,12);3-4H;/q;;-1;+1. The normalized spacial score (nSPS) is 11.3. The minimum absolute atomic E-state index is 0. The number of benzene rings is 2. The third-order valence-electron chi connectivity index (χ3n) is 4.00. The van der Waals surface area contributed by atoms with E-state index >= 15 is 0 Å². The quantitative estimate of drug-likeness (QED) is 0.203. The van der Waals surface area contributed by atoms with E-state index in [-0.39, 0.29) is 49.5 Å². The summed E-state index contributed by atoms with van der Waals surface area (Å²) in [7, 11) is -0.0556. The molecule has 0 radical (unpaired) electrons. The number of carbonyl (C=O) groups is 3. The molecule has 2 unspecified atom stereocenters. The molecule has 0 spiro atoms. The Morgan fingerprint density at radius 3 is 1.68 bits per heavy atom. The van der Waals surface area contributed by atoms with Crippen LogP contribution in [0.15, 0.2) is 60.7 Å². The van der Waals surface area contributed by atoms with Crippen molar-refractivity contribution in [2.24, 2.45) is 5.73 Å². The van der Waals surface area contributed by atoms with Crippen LogP contribution in [-0.4, -0.2) is 51.2 Å². The molecule has 1 amide bonds. The number of rotatable bonds is 8. The summed E-state index contributed by atoms with van der Waals surface area (Å²) < 4.78 is 14.1. The molecule has 196 valence electrons. The van der Waals surface area contributed by atoms with Crippen LogP contribution in [0.4, 0.5) is 4.79 Å². The topological polar surface area (TPSA) is 196 Å². The van der Waals surface area contributed by atoms with Gasteiger partial charge in [0.15, 0.2) is 0 Å². The zero-order valence-electron chi connectivity index (χ0n) is 21.3. The molecule has 2 rings (SSSR count). The van der Waals surface area contributed by atoms with Crippen molar-refractivity contribution in [2.45, 2.75) is 51.3 Å². The van der Waals surface area contributed by atoms with Gasteiger partial charge in [-0.1, -0.05) is 60.7 Å². The third-order valence-corrected chi connectivity index (χ3v) is 4.00. The van der Waals surface area contributed by atoms with Gasteiger partial charge in [0.25, 0.3) is 0 Å². The predicted octanol–water partition coefficient (Wildman–Crippen LogP) is 0.120. The fourth-order valence-corrected chi connectivity index (χ4v) is 2.57. The first-order valence-electron chi connectivity index (χ1n) is 10.7. The number of carbonyl (C=O) groups excluding carboxylic acids is 1. The van der Waals surface area contributed by atoms with E-state index in [2.05, 4.69) is 5.32 Å². The Morgan fingerprint density at radius 2 is 1.32 bits per heavy atom. The number of hydrogen-bond donors (Lipinski definition) is 6. The Kier molecular flexibility index (Phi) is 19.1. The average molecular weight is 526 g/mol. The van der Waals surface area contributed by atoms with Gasteiger partial charge in [0.05, 0.1) is 18.9 Å². The minimum atomic E-state index is -1.18. The van der Waals surface area contributed by atoms with Gasteiger partial charge in [-0.2, -0.15) is 0 Å². The summed E-state index contributed by atoms with van der Waals surface area (Å²) >= 11 is 0. The van der Waals surface area contributed by atoms with Gasteiger partial charge in [-0.15, -0.1) is 0 Å². The number of alkyl carbamates (subject to hydrolysis) is 1. The first-order valence-corrected chi connectivity index (χ1v) is 10.7. The molecule has 0 aliphatic carbocycles. The molecule has 7 N–H and O–H groups in total. The Balaban J connectivity index is 0. The van der Waals surface area contributed by atoms with Crippen LogP contribution < -0.4 is 40.6 Å². The van der Waals surface area contributed by atoms with Gasteiger partial charge in [0.2, 0.25) is 0 Å². The number of carboxylic acids is 2. The van der Waals surface area contributed by atoms with E-state index in [0.717, 1.165) is 11.1 Å². The first-order chi connectivity index (χ1) is 16.7. The van der Waals surface area contributed by atoms with E-state index in [1.165, 1.54) is 0 Å². The summed E-state index contributed by atoms with van der Waals surface area (Å²) in [5.74, 6) is -1.85. The van der Waals surface area contributed by atoms with E-state index in [4.69, 9.17) is 35.6 Å². The fourth-order valence-electron chi connectivity index (χ4n) is 2.57. The molecule has 11 nitrogen and oxygen atoms in total. The maximum absolute atomic E-state index is 11.7. The molecule has 2 aromatic rings. The summed E-state index contributed by atoms with van der Waals surface area (Å²) in [4.78, 5) is 32.9. The van der Waals surface area contributed by atoms with E-state index in [9.17, 15) is 14.4 Å². The number of nitrogens with two attached hydrogens (primary N) is 1. The molecule has 2 atom stereocenters. The molecule has 0 fully saturated rings. The second-order valence-electron chi connectivity index (χ2n) is 8.30. The number of hydrogen-bond acceptors (Lipinski definition) is 8. The Bertz CT molecular complexity index is 942. The van der Waals surface area contributed by atoms with Crippen LogP contribution >= 0.6 is 0 Å². The van der Waals surface area contributed by atoms with Crippen LogP contribution in [0.3, 0.4) is 0 Å². The summed E-state index contributed by atoms with van der Waals surface area (Å²) in [6, 6.07) is 17.2. The second-order valence-corrected chi connectivity index (χ2v) is 8.30. The van der Waals surface area contributed by atoms with E-state index in [0.29, 0.717) is 0 Å². The van der Waals surface area contributed by atoms with Crippen molar-refractivity contribution >= 4 is 25.2 Å². The van der Waals surface area contributed by atoms with Crippen molar-refractivity contribution in [1.29, 1.82) is 0 Å². The summed E-state index contributed by atoms with van der Waals surface area (Å²) in [6.45, 7) is 5.25. The van der Waals surface area contributed by atoms with Gasteiger partial charge >= 0.3 is 75.8 Å². The number of carboxylic acid groups (broad SMARTS) is 2. The molecule has 0 saturated heterocycles. The van der Waals surface area contributed by atoms with Gasteiger partial charge in [-0.3, -0.25) is 9.59 Å². The Labute approximate surface area is 238 Å². The van der Waals surface area contributed by atoms with Crippen LogP contribution in [0.2, 0.25) is 0 Å². The Hall–Kier alpha value is -2.74. The van der Waals surface area contributed by atoms with E-state index in [1.807, 2.05) is 36.4 Å². The van der Waals surface area contributed by atoms with Gasteiger partial charge < -0.3 is 26.0 Å². The minimum Gasteiger partial charge on any atom is 1.00 e. The number of amides is 1. The molecule has 0 saturated carbocycles. The van der Waals surface area contributed by atoms with Gasteiger partial charge in [-0.25, -0.2) is 4.79 Å². The molecule has 37 heavy (non-hydrogen) atoms. The molecular formula is C24H32BN2NaO9. The van der Waals surface area contributed by atoms with Crippen LogP contribution in [0.25, 0.3) is 0 Å². The van der Waals surface area contributed by atoms with Crippen LogP contribution in [0, 0.1) is 6.19 Å². The number of nitrogens with one attached hydrogen (secondary N) is 1. The second kappa shape index (κ2) is 19.4. The molecule has 13 heteroatoms. The fraction of sp³-hybridized carbons (Fsp3) is 0.333. The summed E-state index contributed by atoms with van der Waals surface area (Å²) in [5.41, 5.74) is 6.59. The van der Waals surface area contributed by atoms with Crippen molar-refractivity contribution in [2.75, 3.05) is 0 Å². The average Bonchev–Trinajstić information content (AvgIpc) is 2.78. The number of aliphatic hydroxyl groups is 2. The van der Waals surface area contributed by atoms with Crippen molar-refractivity contribution in [3.8, 4) is 0 Å². The molecular weight excluding hydrogens is 494 g/mol. The number of aliphatic carboxylic acids is 2. The maximum atomic E-state index is 11.7. The van der Waals surface area contributed by atoms with Crippen molar-refractivity contribution in [3.05, 3.63) is 78.0 Å². The molecule has 2 aromatic carbocycles. The largest absolute Gasteiger partial charge is 1.00 e. The Morgan fingerprint density at radius 1 is 0.919 bits per heavy atom. The van der Waals surface area contributed by atoms with E-state index in [1.54, 1.807) is 45.0 Å². The van der Waals surface area contributed by atoms with Crippen molar-refractivity contribution in [1.82, 2.24) is 5.32 Å². The zero-order chi connectivity index (χ0) is 27.7. The van der Waals surface area contributed by atoms with Crippen LogP contribution in [0.1, 0.15) is 56.8 Å². The van der Waals surface area contributed by atoms with Crippen LogP contribution in [0.5, 0.6) is 0 Å². The summed E-state index contributed by atoms with van der Waals surface area (Å²) in [6.07, 6.45) is -2.01. The van der Waals surface area contributed by atoms with Crippen molar-refractivity contribution < 1.29 is 73.8 Å². The van der Waals surface area contributed by atoms with Gasteiger partial charge in [0.1, 0.15) is 5.60 Å². The predicted molar refractivity (Wildman–Crippen MR) is 130 cm³/mol. The third kappa shape index (κ3) is 20.1. The van der Waals surface area contributed by atoms with Crippen molar-refractivity contribution in [3.63, 3.8) is 0 Å². The number of ether oxygens (including phenoxy) is 1. The van der Waals surface area contributed by atoms with E-state index < -0.39 is 41.9 Å². The first kappa shape index (κ1) is 36.4.